The molecule has 5 nitrogen and oxygen atoms in total. The molecule has 1 amide bonds. The number of carbonyl (C=O) groups excluding carboxylic acids is 1. The van der Waals surface area contributed by atoms with Crippen molar-refractivity contribution in [2.45, 2.75) is 32.7 Å². The van der Waals surface area contributed by atoms with Gasteiger partial charge in [-0.2, -0.15) is 5.10 Å². The van der Waals surface area contributed by atoms with E-state index in [-0.39, 0.29) is 11.7 Å². The lowest BCUT2D eigenvalue weighted by Gasteiger charge is -2.19. The maximum atomic E-state index is 13.3. The first-order valence-corrected chi connectivity index (χ1v) is 9.73. The molecule has 0 spiro atoms. The highest BCUT2D eigenvalue weighted by Crippen LogP contribution is 2.29. The standard InChI is InChI=1S/C23H24FN3O2/c1-15-7-12-21(29-3)16(13-15)14-26(2)23(28)22-19-5-4-6-20(19)27(25-22)18-10-8-17(24)9-11-18/h7-13H,4-6,14H2,1-3H3. The van der Waals surface area contributed by atoms with E-state index in [0.717, 1.165) is 53.1 Å². The van der Waals surface area contributed by atoms with Gasteiger partial charge in [-0.3, -0.25) is 4.79 Å². The van der Waals surface area contributed by atoms with Crippen LogP contribution in [0.5, 0.6) is 5.75 Å². The molecule has 0 fully saturated rings. The van der Waals surface area contributed by atoms with Crippen molar-refractivity contribution in [1.82, 2.24) is 14.7 Å². The number of aromatic nitrogens is 2. The molecule has 0 saturated heterocycles. The van der Waals surface area contributed by atoms with Gasteiger partial charge in [0.15, 0.2) is 5.69 Å². The van der Waals surface area contributed by atoms with Crippen LogP contribution in [0.2, 0.25) is 0 Å². The van der Waals surface area contributed by atoms with Crippen LogP contribution in [0.1, 0.15) is 39.3 Å². The van der Waals surface area contributed by atoms with E-state index in [1.54, 1.807) is 35.9 Å². The zero-order chi connectivity index (χ0) is 20.5. The molecule has 0 radical (unpaired) electrons. The summed E-state index contributed by atoms with van der Waals surface area (Å²) in [6.45, 7) is 2.45. The molecule has 150 valence electrons. The van der Waals surface area contributed by atoms with E-state index < -0.39 is 0 Å². The van der Waals surface area contributed by atoms with Crippen LogP contribution in [0.4, 0.5) is 4.39 Å². The lowest BCUT2D eigenvalue weighted by Crippen LogP contribution is -2.27. The minimum Gasteiger partial charge on any atom is -0.496 e. The van der Waals surface area contributed by atoms with Crippen LogP contribution in [0.25, 0.3) is 5.69 Å². The van der Waals surface area contributed by atoms with Crippen LogP contribution in [0, 0.1) is 12.7 Å². The third-order valence-electron chi connectivity index (χ3n) is 5.39. The Labute approximate surface area is 169 Å². The average Bonchev–Trinajstić information content (AvgIpc) is 3.31. The normalized spacial score (nSPS) is 12.7. The number of carbonyl (C=O) groups is 1. The van der Waals surface area contributed by atoms with Crippen molar-refractivity contribution in [3.63, 3.8) is 0 Å². The average molecular weight is 393 g/mol. The molecule has 3 aromatic rings. The number of hydrogen-bond acceptors (Lipinski definition) is 3. The molecular formula is C23H24FN3O2. The molecule has 0 atom stereocenters. The number of halogens is 1. The van der Waals surface area contributed by atoms with Gasteiger partial charge in [0.2, 0.25) is 0 Å². The molecular weight excluding hydrogens is 369 g/mol. The second kappa shape index (κ2) is 7.70. The molecule has 4 rings (SSSR count). The Morgan fingerprint density at radius 3 is 2.69 bits per heavy atom. The minimum absolute atomic E-state index is 0.118. The molecule has 2 aromatic carbocycles. The van der Waals surface area contributed by atoms with E-state index in [4.69, 9.17) is 4.74 Å². The number of benzene rings is 2. The van der Waals surface area contributed by atoms with Crippen LogP contribution in [0.3, 0.4) is 0 Å². The van der Waals surface area contributed by atoms with Gasteiger partial charge in [-0.05, 0) is 56.5 Å². The number of ether oxygens (including phenoxy) is 1. The fraction of sp³-hybridized carbons (Fsp3) is 0.304. The maximum Gasteiger partial charge on any atom is 0.274 e. The Balaban J connectivity index is 1.65. The van der Waals surface area contributed by atoms with Gasteiger partial charge in [-0.25, -0.2) is 9.07 Å². The number of nitrogens with zero attached hydrogens (tertiary/aromatic N) is 3. The van der Waals surface area contributed by atoms with Gasteiger partial charge in [-0.1, -0.05) is 17.7 Å². The summed E-state index contributed by atoms with van der Waals surface area (Å²) < 4.78 is 20.5. The zero-order valence-electron chi connectivity index (χ0n) is 16.9. The lowest BCUT2D eigenvalue weighted by molar-refractivity contribution is 0.0777. The summed E-state index contributed by atoms with van der Waals surface area (Å²) >= 11 is 0. The van der Waals surface area contributed by atoms with E-state index >= 15 is 0 Å². The molecule has 0 N–H and O–H groups in total. The first-order chi connectivity index (χ1) is 14.0. The summed E-state index contributed by atoms with van der Waals surface area (Å²) in [5, 5.41) is 4.63. The third-order valence-corrected chi connectivity index (χ3v) is 5.39. The zero-order valence-corrected chi connectivity index (χ0v) is 16.9. The number of methoxy groups -OCH3 is 1. The van der Waals surface area contributed by atoms with Crippen LogP contribution >= 0.6 is 0 Å². The minimum atomic E-state index is -0.291. The first kappa shape index (κ1) is 19.2. The highest BCUT2D eigenvalue weighted by Gasteiger charge is 2.28. The SMILES string of the molecule is COc1ccc(C)cc1CN(C)C(=O)c1nn(-c2ccc(F)cc2)c2c1CCC2. The van der Waals surface area contributed by atoms with Crippen LogP contribution < -0.4 is 4.74 Å². The first-order valence-electron chi connectivity index (χ1n) is 9.73. The second-order valence-corrected chi connectivity index (χ2v) is 7.49. The van der Waals surface area contributed by atoms with Gasteiger partial charge in [0.1, 0.15) is 11.6 Å². The summed E-state index contributed by atoms with van der Waals surface area (Å²) in [5.41, 5.74) is 5.37. The molecule has 1 aliphatic rings. The fourth-order valence-electron chi connectivity index (χ4n) is 3.94. The number of rotatable bonds is 5. The highest BCUT2D eigenvalue weighted by atomic mass is 19.1. The Morgan fingerprint density at radius 1 is 1.21 bits per heavy atom. The van der Waals surface area contributed by atoms with E-state index in [9.17, 15) is 9.18 Å². The van der Waals surface area contributed by atoms with Gasteiger partial charge in [0.05, 0.1) is 12.8 Å². The predicted octanol–water partition coefficient (Wildman–Crippen LogP) is 4.09. The second-order valence-electron chi connectivity index (χ2n) is 7.49. The predicted molar refractivity (Wildman–Crippen MR) is 109 cm³/mol. The number of amides is 1. The van der Waals surface area contributed by atoms with Crippen LogP contribution in [0.15, 0.2) is 42.5 Å². The fourth-order valence-corrected chi connectivity index (χ4v) is 3.94. The highest BCUT2D eigenvalue weighted by molar-refractivity contribution is 5.94. The monoisotopic (exact) mass is 393 g/mol. The number of fused-ring (bicyclic) bond motifs is 1. The van der Waals surface area contributed by atoms with E-state index in [1.807, 2.05) is 25.1 Å². The number of hydrogen-bond donors (Lipinski definition) is 0. The van der Waals surface area contributed by atoms with Crippen molar-refractivity contribution in [3.05, 3.63) is 76.4 Å². The Kier molecular flexibility index (Phi) is 5.09. The van der Waals surface area contributed by atoms with Crippen molar-refractivity contribution < 1.29 is 13.9 Å². The van der Waals surface area contributed by atoms with Gasteiger partial charge < -0.3 is 9.64 Å². The van der Waals surface area contributed by atoms with Crippen molar-refractivity contribution >= 4 is 5.91 Å². The summed E-state index contributed by atoms with van der Waals surface area (Å²) in [5.74, 6) is 0.352. The summed E-state index contributed by atoms with van der Waals surface area (Å²) in [7, 11) is 3.41. The van der Waals surface area contributed by atoms with E-state index in [0.29, 0.717) is 12.2 Å². The Bertz CT molecular complexity index is 1060. The van der Waals surface area contributed by atoms with E-state index in [1.165, 1.54) is 12.1 Å². The van der Waals surface area contributed by atoms with E-state index in [2.05, 4.69) is 5.10 Å². The molecule has 1 heterocycles. The largest absolute Gasteiger partial charge is 0.496 e. The van der Waals surface area contributed by atoms with Gasteiger partial charge in [0.25, 0.3) is 5.91 Å². The maximum absolute atomic E-state index is 13.3. The molecule has 0 aliphatic heterocycles. The van der Waals surface area contributed by atoms with Gasteiger partial charge in [-0.15, -0.1) is 0 Å². The van der Waals surface area contributed by atoms with Crippen molar-refractivity contribution in [2.24, 2.45) is 0 Å². The van der Waals surface area contributed by atoms with Crippen molar-refractivity contribution in [2.75, 3.05) is 14.2 Å². The molecule has 1 aliphatic carbocycles. The Morgan fingerprint density at radius 2 is 1.97 bits per heavy atom. The summed E-state index contributed by atoms with van der Waals surface area (Å²) in [4.78, 5) is 14.9. The molecule has 0 bridgehead atoms. The topological polar surface area (TPSA) is 47.4 Å². The van der Waals surface area contributed by atoms with Crippen molar-refractivity contribution in [1.29, 1.82) is 0 Å². The lowest BCUT2D eigenvalue weighted by atomic mass is 10.1. The van der Waals surface area contributed by atoms with Gasteiger partial charge in [0, 0.05) is 30.4 Å². The molecule has 29 heavy (non-hydrogen) atoms. The van der Waals surface area contributed by atoms with Crippen LogP contribution in [-0.2, 0) is 19.4 Å². The smallest absolute Gasteiger partial charge is 0.274 e. The Hall–Kier alpha value is -3.15. The third kappa shape index (κ3) is 3.62. The van der Waals surface area contributed by atoms with Gasteiger partial charge >= 0.3 is 0 Å². The summed E-state index contributed by atoms with van der Waals surface area (Å²) in [6, 6.07) is 12.1. The molecule has 0 saturated carbocycles. The molecule has 0 unspecified atom stereocenters. The van der Waals surface area contributed by atoms with Crippen molar-refractivity contribution in [3.8, 4) is 11.4 Å². The summed E-state index contributed by atoms with van der Waals surface area (Å²) in [6.07, 6.45) is 2.69. The quantitative estimate of drug-likeness (QED) is 0.656. The number of aryl methyl sites for hydroxylation is 1. The van der Waals surface area contributed by atoms with Crippen LogP contribution in [-0.4, -0.2) is 34.7 Å². The molecule has 1 aromatic heterocycles. The molecule has 6 heteroatoms.